The third-order valence-electron chi connectivity index (χ3n) is 2.86. The molecule has 1 aliphatic rings. The lowest BCUT2D eigenvalue weighted by molar-refractivity contribution is 0.0697. The first-order chi connectivity index (χ1) is 8.66. The van der Waals surface area contributed by atoms with Crippen LogP contribution in [-0.2, 0) is 0 Å². The minimum atomic E-state index is -1.17. The van der Waals surface area contributed by atoms with E-state index < -0.39 is 11.8 Å². The van der Waals surface area contributed by atoms with Gasteiger partial charge in [-0.1, -0.05) is 6.42 Å². The van der Waals surface area contributed by atoms with Crippen LogP contribution in [0.15, 0.2) is 12.3 Å². The fourth-order valence-corrected chi connectivity index (χ4v) is 3.16. The molecule has 1 saturated heterocycles. The summed E-state index contributed by atoms with van der Waals surface area (Å²) in [6, 6.07) is 0.992. The number of hydrogen-bond donors (Lipinski definition) is 2. The number of nitrogens with zero attached hydrogens (tertiary/aromatic N) is 1. The predicted molar refractivity (Wildman–Crippen MR) is 69.7 cm³/mol. The van der Waals surface area contributed by atoms with Gasteiger partial charge < -0.3 is 10.4 Å². The fraction of sp³-hybridized carbons (Fsp3) is 0.500. The van der Waals surface area contributed by atoms with Crippen LogP contribution in [0.2, 0.25) is 0 Å². The largest absolute Gasteiger partial charge is 0.478 e. The first-order valence-corrected chi connectivity index (χ1v) is 6.96. The number of carboxylic acid groups (broad SMARTS) is 1. The molecule has 18 heavy (non-hydrogen) atoms. The summed E-state index contributed by atoms with van der Waals surface area (Å²) in [4.78, 5) is 14.8. The molecule has 2 rings (SSSR count). The number of thioether (sulfide) groups is 1. The summed E-state index contributed by atoms with van der Waals surface area (Å²) < 4.78 is 12.9. The maximum absolute atomic E-state index is 12.9. The molecule has 1 aliphatic heterocycles. The molecule has 98 valence electrons. The molecule has 1 unspecified atom stereocenters. The molecule has 2 N–H and O–H groups in total. The number of carbonyl (C=O) groups is 1. The highest BCUT2D eigenvalue weighted by molar-refractivity contribution is 7.99. The summed E-state index contributed by atoms with van der Waals surface area (Å²) in [6.07, 6.45) is 4.61. The average Bonchev–Trinajstić information content (AvgIpc) is 2.38. The summed E-state index contributed by atoms with van der Waals surface area (Å²) in [5.41, 5.74) is -0.115. The molecule has 1 aromatic rings. The smallest absolute Gasteiger partial charge is 0.339 e. The number of nitrogens with one attached hydrogen (secondary N) is 1. The highest BCUT2D eigenvalue weighted by Gasteiger charge is 2.17. The second kappa shape index (κ2) is 6.04. The Morgan fingerprint density at radius 2 is 2.44 bits per heavy atom. The second-order valence-electron chi connectivity index (χ2n) is 4.22. The number of carboxylic acids is 1. The van der Waals surface area contributed by atoms with Crippen LogP contribution in [0.5, 0.6) is 0 Å². The summed E-state index contributed by atoms with van der Waals surface area (Å²) in [7, 11) is 0. The Morgan fingerprint density at radius 1 is 1.61 bits per heavy atom. The number of aromatic carboxylic acids is 1. The van der Waals surface area contributed by atoms with Gasteiger partial charge in [-0.05, 0) is 24.7 Å². The van der Waals surface area contributed by atoms with Crippen LogP contribution in [-0.4, -0.2) is 33.6 Å². The van der Waals surface area contributed by atoms with Gasteiger partial charge in [0.25, 0.3) is 0 Å². The highest BCUT2D eigenvalue weighted by Crippen LogP contribution is 2.25. The van der Waals surface area contributed by atoms with Gasteiger partial charge in [0.1, 0.15) is 17.2 Å². The second-order valence-corrected chi connectivity index (χ2v) is 5.63. The van der Waals surface area contributed by atoms with Crippen molar-refractivity contribution in [3.05, 3.63) is 23.6 Å². The number of hydrogen-bond acceptors (Lipinski definition) is 4. The van der Waals surface area contributed by atoms with Gasteiger partial charge >= 0.3 is 5.97 Å². The molecule has 0 saturated carbocycles. The number of rotatable bonds is 4. The van der Waals surface area contributed by atoms with Gasteiger partial charge in [0.15, 0.2) is 0 Å². The number of aromatic nitrogens is 1. The summed E-state index contributed by atoms with van der Waals surface area (Å²) >= 11 is 1.89. The van der Waals surface area contributed by atoms with E-state index in [9.17, 15) is 9.18 Å². The van der Waals surface area contributed by atoms with Gasteiger partial charge in [-0.2, -0.15) is 11.8 Å². The van der Waals surface area contributed by atoms with Crippen molar-refractivity contribution >= 4 is 23.5 Å². The number of anilines is 1. The van der Waals surface area contributed by atoms with Crippen LogP contribution in [0.25, 0.3) is 0 Å². The third kappa shape index (κ3) is 3.35. The van der Waals surface area contributed by atoms with Crippen molar-refractivity contribution in [2.75, 3.05) is 17.6 Å². The summed E-state index contributed by atoms with van der Waals surface area (Å²) in [6.45, 7) is 0.670. The Kier molecular flexibility index (Phi) is 4.41. The molecule has 6 heteroatoms. The van der Waals surface area contributed by atoms with Gasteiger partial charge in [0.05, 0.1) is 6.20 Å². The van der Waals surface area contributed by atoms with Gasteiger partial charge in [-0.25, -0.2) is 14.2 Å². The normalized spacial score (nSPS) is 19.5. The zero-order chi connectivity index (χ0) is 13.0. The molecule has 0 amide bonds. The summed E-state index contributed by atoms with van der Waals surface area (Å²) in [5, 5.41) is 12.5. The van der Waals surface area contributed by atoms with E-state index in [4.69, 9.17) is 5.11 Å². The van der Waals surface area contributed by atoms with Crippen molar-refractivity contribution in [3.63, 3.8) is 0 Å². The van der Waals surface area contributed by atoms with Crippen LogP contribution in [0.4, 0.5) is 10.2 Å². The maximum Gasteiger partial charge on any atom is 0.339 e. The van der Waals surface area contributed by atoms with E-state index in [1.54, 1.807) is 0 Å². The van der Waals surface area contributed by atoms with Crippen molar-refractivity contribution in [3.8, 4) is 0 Å². The van der Waals surface area contributed by atoms with Gasteiger partial charge in [0.2, 0.25) is 0 Å². The molecular formula is C12H15FN2O2S. The van der Waals surface area contributed by atoms with Crippen molar-refractivity contribution in [1.29, 1.82) is 0 Å². The average molecular weight is 270 g/mol. The van der Waals surface area contributed by atoms with E-state index >= 15 is 0 Å². The minimum Gasteiger partial charge on any atom is -0.478 e. The van der Waals surface area contributed by atoms with Gasteiger partial charge in [0, 0.05) is 11.8 Å². The fourth-order valence-electron chi connectivity index (χ4n) is 1.92. The quantitative estimate of drug-likeness (QED) is 0.880. The topological polar surface area (TPSA) is 62.2 Å². The lowest BCUT2D eigenvalue weighted by atomic mass is 10.2. The van der Waals surface area contributed by atoms with Crippen LogP contribution >= 0.6 is 11.8 Å². The number of pyridine rings is 1. The van der Waals surface area contributed by atoms with E-state index in [1.165, 1.54) is 12.8 Å². The molecule has 1 aromatic heterocycles. The molecule has 0 aromatic carbocycles. The lowest BCUT2D eigenvalue weighted by Gasteiger charge is -2.22. The monoisotopic (exact) mass is 270 g/mol. The molecule has 1 atom stereocenters. The zero-order valence-electron chi connectivity index (χ0n) is 9.86. The van der Waals surface area contributed by atoms with Crippen molar-refractivity contribution in [1.82, 2.24) is 4.98 Å². The maximum atomic E-state index is 12.9. The van der Waals surface area contributed by atoms with E-state index in [0.29, 0.717) is 11.8 Å². The Labute approximate surface area is 109 Å². The SMILES string of the molecule is O=C(O)c1cc(F)cnc1NCC1CCCCS1. The first kappa shape index (κ1) is 13.1. The first-order valence-electron chi connectivity index (χ1n) is 5.91. The van der Waals surface area contributed by atoms with E-state index in [2.05, 4.69) is 10.3 Å². The predicted octanol–water partition coefficient (Wildman–Crippen LogP) is 2.62. The van der Waals surface area contributed by atoms with Crippen molar-refractivity contribution in [2.24, 2.45) is 0 Å². The van der Waals surface area contributed by atoms with Crippen molar-refractivity contribution < 1.29 is 14.3 Å². The molecule has 0 aliphatic carbocycles. The van der Waals surface area contributed by atoms with Crippen molar-refractivity contribution in [2.45, 2.75) is 24.5 Å². The highest BCUT2D eigenvalue weighted by atomic mass is 32.2. The third-order valence-corrected chi connectivity index (χ3v) is 4.25. The molecule has 1 fully saturated rings. The van der Waals surface area contributed by atoms with Gasteiger partial charge in [-0.3, -0.25) is 0 Å². The molecule has 0 spiro atoms. The Morgan fingerprint density at radius 3 is 3.11 bits per heavy atom. The minimum absolute atomic E-state index is 0.115. The zero-order valence-corrected chi connectivity index (χ0v) is 10.7. The standard InChI is InChI=1S/C12H15FN2O2S/c13-8-5-10(12(16)17)11(14-6-8)15-7-9-3-1-2-4-18-9/h5-6,9H,1-4,7H2,(H,14,15)(H,16,17). The van der Waals surface area contributed by atoms with Crippen LogP contribution in [0, 0.1) is 5.82 Å². The molecule has 0 radical (unpaired) electrons. The molecule has 2 heterocycles. The molecule has 4 nitrogen and oxygen atoms in total. The number of halogens is 1. The van der Waals surface area contributed by atoms with E-state index in [1.807, 2.05) is 11.8 Å². The Bertz CT molecular complexity index is 436. The van der Waals surface area contributed by atoms with E-state index in [-0.39, 0.29) is 11.4 Å². The van der Waals surface area contributed by atoms with Crippen LogP contribution in [0.1, 0.15) is 29.6 Å². The van der Waals surface area contributed by atoms with Crippen LogP contribution in [0.3, 0.4) is 0 Å². The summed E-state index contributed by atoms with van der Waals surface area (Å²) in [5.74, 6) is -0.407. The van der Waals surface area contributed by atoms with Crippen LogP contribution < -0.4 is 5.32 Å². The lowest BCUT2D eigenvalue weighted by Crippen LogP contribution is -2.21. The molecule has 0 bridgehead atoms. The van der Waals surface area contributed by atoms with E-state index in [0.717, 1.165) is 24.4 Å². The van der Waals surface area contributed by atoms with Gasteiger partial charge in [-0.15, -0.1) is 0 Å². The Hall–Kier alpha value is -1.30. The molecular weight excluding hydrogens is 255 g/mol. The Balaban J connectivity index is 2.01.